The second-order valence-electron chi connectivity index (χ2n) is 3.43. The van der Waals surface area contributed by atoms with Gasteiger partial charge in [-0.2, -0.15) is 11.3 Å². The lowest BCUT2D eigenvalue weighted by Crippen LogP contribution is -2.22. The summed E-state index contributed by atoms with van der Waals surface area (Å²) in [6, 6.07) is 0. The molecule has 0 aliphatic heterocycles. The van der Waals surface area contributed by atoms with Crippen LogP contribution in [0.25, 0.3) is 0 Å². The molecule has 7 heteroatoms. The number of nitrogens with one attached hydrogen (secondary N) is 2. The summed E-state index contributed by atoms with van der Waals surface area (Å²) in [5.74, 6) is -0.186. The highest BCUT2D eigenvalue weighted by atomic mass is 32.1. The molecule has 2 aromatic heterocycles. The van der Waals surface area contributed by atoms with Gasteiger partial charge >= 0.3 is 0 Å². The molecule has 0 aliphatic carbocycles. The third-order valence-corrected chi connectivity index (χ3v) is 4.08. The zero-order chi connectivity index (χ0) is 12.3. The molecule has 0 fully saturated rings. The summed E-state index contributed by atoms with van der Waals surface area (Å²) in [6.07, 6.45) is 0. The van der Waals surface area contributed by atoms with E-state index in [2.05, 4.69) is 26.2 Å². The minimum atomic E-state index is -0.186. The lowest BCUT2D eigenvalue weighted by atomic mass is 10.2. The highest BCUT2D eigenvalue weighted by molar-refractivity contribution is 7.17. The molecular formula is C10H12N4OS2. The van der Waals surface area contributed by atoms with E-state index in [9.17, 15) is 4.79 Å². The van der Waals surface area contributed by atoms with Gasteiger partial charge in [0, 0.05) is 13.6 Å². The average molecular weight is 268 g/mol. The predicted molar refractivity (Wildman–Crippen MR) is 69.7 cm³/mol. The number of amides is 1. The van der Waals surface area contributed by atoms with E-state index in [4.69, 9.17) is 0 Å². The Morgan fingerprint density at radius 1 is 1.41 bits per heavy atom. The average Bonchev–Trinajstić information content (AvgIpc) is 2.94. The van der Waals surface area contributed by atoms with Gasteiger partial charge in [0.1, 0.15) is 0 Å². The van der Waals surface area contributed by atoms with Crippen molar-refractivity contribution in [1.82, 2.24) is 15.5 Å². The topological polar surface area (TPSA) is 66.9 Å². The van der Waals surface area contributed by atoms with E-state index < -0.39 is 0 Å². The third-order valence-electron chi connectivity index (χ3n) is 2.23. The third kappa shape index (κ3) is 2.80. The molecule has 17 heavy (non-hydrogen) atoms. The molecule has 0 bridgehead atoms. The van der Waals surface area contributed by atoms with E-state index in [-0.39, 0.29) is 5.91 Å². The Labute approximate surface area is 107 Å². The molecule has 90 valence electrons. The molecule has 0 saturated heterocycles. The summed E-state index contributed by atoms with van der Waals surface area (Å²) >= 11 is 2.87. The predicted octanol–water partition coefficient (Wildman–Crippen LogP) is 1.88. The molecule has 0 atom stereocenters. The summed E-state index contributed by atoms with van der Waals surface area (Å²) < 4.78 is 0. The van der Waals surface area contributed by atoms with E-state index in [1.807, 2.05) is 12.3 Å². The Hall–Kier alpha value is -1.47. The first kappa shape index (κ1) is 12.0. The van der Waals surface area contributed by atoms with Gasteiger partial charge < -0.3 is 10.6 Å². The van der Waals surface area contributed by atoms with Gasteiger partial charge in [-0.25, -0.2) is 0 Å². The Morgan fingerprint density at radius 2 is 2.24 bits per heavy atom. The minimum absolute atomic E-state index is 0.186. The van der Waals surface area contributed by atoms with Crippen LogP contribution in [-0.2, 0) is 6.54 Å². The first-order valence-electron chi connectivity index (χ1n) is 5.02. The van der Waals surface area contributed by atoms with Gasteiger partial charge in [-0.15, -0.1) is 10.2 Å². The summed E-state index contributed by atoms with van der Waals surface area (Å²) in [6.45, 7) is 2.56. The number of rotatable bonds is 4. The largest absolute Gasteiger partial charge is 0.363 e. The number of carbonyl (C=O) groups is 1. The van der Waals surface area contributed by atoms with Gasteiger partial charge in [-0.3, -0.25) is 4.79 Å². The van der Waals surface area contributed by atoms with Crippen LogP contribution < -0.4 is 10.6 Å². The molecule has 2 aromatic rings. The van der Waals surface area contributed by atoms with Crippen LogP contribution in [0.1, 0.15) is 20.9 Å². The fourth-order valence-corrected chi connectivity index (χ4v) is 2.71. The standard InChI is InChI=1S/C10H12N4OS2/c1-6-4-16-5-7(6)3-12-8(15)9-13-14-10(11-2)17-9/h4-5H,3H2,1-2H3,(H,11,14)(H,12,15). The van der Waals surface area contributed by atoms with Crippen LogP contribution in [-0.4, -0.2) is 23.2 Å². The van der Waals surface area contributed by atoms with Gasteiger partial charge in [0.25, 0.3) is 5.91 Å². The number of aryl methyl sites for hydroxylation is 1. The summed E-state index contributed by atoms with van der Waals surface area (Å²) in [5, 5.41) is 18.4. The van der Waals surface area contributed by atoms with Gasteiger partial charge in [0.2, 0.25) is 10.1 Å². The smallest absolute Gasteiger partial charge is 0.282 e. The molecule has 0 radical (unpaired) electrons. The van der Waals surface area contributed by atoms with E-state index >= 15 is 0 Å². The van der Waals surface area contributed by atoms with E-state index in [0.29, 0.717) is 16.7 Å². The molecule has 0 saturated carbocycles. The summed E-state index contributed by atoms with van der Waals surface area (Å²) in [4.78, 5) is 11.8. The van der Waals surface area contributed by atoms with E-state index in [0.717, 1.165) is 5.56 Å². The number of nitrogens with zero attached hydrogens (tertiary/aromatic N) is 2. The van der Waals surface area contributed by atoms with Crippen LogP contribution in [0, 0.1) is 6.92 Å². The molecule has 0 aliphatic rings. The second-order valence-corrected chi connectivity index (χ2v) is 5.15. The molecule has 2 N–H and O–H groups in total. The molecule has 0 unspecified atom stereocenters. The number of aromatic nitrogens is 2. The maximum atomic E-state index is 11.8. The van der Waals surface area contributed by atoms with Crippen LogP contribution in [0.5, 0.6) is 0 Å². The molecule has 0 spiro atoms. The zero-order valence-electron chi connectivity index (χ0n) is 9.48. The maximum Gasteiger partial charge on any atom is 0.282 e. The molecule has 0 aromatic carbocycles. The minimum Gasteiger partial charge on any atom is -0.363 e. The molecule has 2 heterocycles. The Bertz CT molecular complexity index is 520. The molecule has 2 rings (SSSR count). The summed E-state index contributed by atoms with van der Waals surface area (Å²) in [5.41, 5.74) is 2.34. The second kappa shape index (κ2) is 5.24. The maximum absolute atomic E-state index is 11.8. The van der Waals surface area contributed by atoms with Crippen molar-refractivity contribution in [2.24, 2.45) is 0 Å². The van der Waals surface area contributed by atoms with Crippen LogP contribution in [0.2, 0.25) is 0 Å². The van der Waals surface area contributed by atoms with Crippen molar-refractivity contribution >= 4 is 33.7 Å². The van der Waals surface area contributed by atoms with Gasteiger partial charge in [-0.05, 0) is 28.8 Å². The fourth-order valence-electron chi connectivity index (χ4n) is 1.24. The van der Waals surface area contributed by atoms with Crippen LogP contribution in [0.15, 0.2) is 10.8 Å². The quantitative estimate of drug-likeness (QED) is 0.888. The van der Waals surface area contributed by atoms with E-state index in [1.165, 1.54) is 16.9 Å². The van der Waals surface area contributed by atoms with E-state index in [1.54, 1.807) is 18.4 Å². The van der Waals surface area contributed by atoms with Crippen molar-refractivity contribution in [1.29, 1.82) is 0 Å². The lowest BCUT2D eigenvalue weighted by Gasteiger charge is -2.01. The van der Waals surface area contributed by atoms with Crippen molar-refractivity contribution in [2.75, 3.05) is 12.4 Å². The number of carbonyl (C=O) groups excluding carboxylic acids is 1. The van der Waals surface area contributed by atoms with Crippen LogP contribution in [0.4, 0.5) is 5.13 Å². The Kier molecular flexibility index (Phi) is 3.70. The van der Waals surface area contributed by atoms with Crippen molar-refractivity contribution in [3.8, 4) is 0 Å². The van der Waals surface area contributed by atoms with Crippen LogP contribution >= 0.6 is 22.7 Å². The number of anilines is 1. The van der Waals surface area contributed by atoms with Gasteiger partial charge in [-0.1, -0.05) is 11.3 Å². The highest BCUT2D eigenvalue weighted by Gasteiger charge is 2.12. The van der Waals surface area contributed by atoms with Crippen molar-refractivity contribution in [3.05, 3.63) is 26.9 Å². The lowest BCUT2D eigenvalue weighted by molar-refractivity contribution is 0.0950. The van der Waals surface area contributed by atoms with Gasteiger partial charge in [0.05, 0.1) is 0 Å². The molecule has 5 nitrogen and oxygen atoms in total. The number of thiophene rings is 1. The first-order chi connectivity index (χ1) is 8.20. The molecular weight excluding hydrogens is 256 g/mol. The SMILES string of the molecule is CNc1nnc(C(=O)NCc2cscc2C)s1. The van der Waals surface area contributed by atoms with Crippen molar-refractivity contribution in [2.45, 2.75) is 13.5 Å². The Morgan fingerprint density at radius 3 is 2.82 bits per heavy atom. The molecule has 1 amide bonds. The fraction of sp³-hybridized carbons (Fsp3) is 0.300. The van der Waals surface area contributed by atoms with Gasteiger partial charge in [0.15, 0.2) is 0 Å². The number of hydrogen-bond donors (Lipinski definition) is 2. The number of hydrogen-bond acceptors (Lipinski definition) is 6. The van der Waals surface area contributed by atoms with Crippen molar-refractivity contribution < 1.29 is 4.79 Å². The highest BCUT2D eigenvalue weighted by Crippen LogP contribution is 2.15. The monoisotopic (exact) mass is 268 g/mol. The first-order valence-corrected chi connectivity index (χ1v) is 6.77. The van der Waals surface area contributed by atoms with Crippen LogP contribution in [0.3, 0.4) is 0 Å². The normalized spacial score (nSPS) is 10.2. The summed E-state index contributed by atoms with van der Waals surface area (Å²) in [7, 11) is 1.75. The Balaban J connectivity index is 1.95. The van der Waals surface area contributed by atoms with Crippen molar-refractivity contribution in [3.63, 3.8) is 0 Å². The zero-order valence-corrected chi connectivity index (χ0v) is 11.1.